The number of phenolic OH excluding ortho intramolecular Hbond substituents is 2. The van der Waals surface area contributed by atoms with Gasteiger partial charge in [0.05, 0.1) is 6.20 Å². The van der Waals surface area contributed by atoms with Gasteiger partial charge >= 0.3 is 0 Å². The largest absolute Gasteiger partial charge is 0.504 e. The fraction of sp³-hybridized carbons (Fsp3) is 0. The summed E-state index contributed by atoms with van der Waals surface area (Å²) in [5, 5.41) is 18.9. The van der Waals surface area contributed by atoms with Crippen molar-refractivity contribution in [3.63, 3.8) is 0 Å². The number of phenols is 2. The molecule has 0 saturated carbocycles. The number of hydrogen-bond donors (Lipinski definition) is 2. The minimum absolute atomic E-state index is 0.162. The highest BCUT2D eigenvalue weighted by molar-refractivity contribution is 8.00. The summed E-state index contributed by atoms with van der Waals surface area (Å²) < 4.78 is 5.31. The quantitative estimate of drug-likeness (QED) is 0.604. The topological polar surface area (TPSA) is 66.5 Å². The van der Waals surface area contributed by atoms with Gasteiger partial charge in [0.1, 0.15) is 0 Å². The summed E-state index contributed by atoms with van der Waals surface area (Å²) in [5.41, 5.74) is 0.651. The highest BCUT2D eigenvalue weighted by atomic mass is 32.2. The molecule has 0 bridgehead atoms. The smallest absolute Gasteiger partial charge is 0.256 e. The van der Waals surface area contributed by atoms with Gasteiger partial charge in [-0.25, -0.2) is 4.98 Å². The molecule has 1 radical (unpaired) electrons. The number of hydrogen-bond acceptors (Lipinski definition) is 5. The third-order valence-corrected chi connectivity index (χ3v) is 2.30. The van der Waals surface area contributed by atoms with Crippen LogP contribution in [0, 0.1) is 6.26 Å². The van der Waals surface area contributed by atoms with E-state index in [9.17, 15) is 5.11 Å². The molecule has 0 aliphatic heterocycles. The molecule has 0 spiro atoms. The minimum atomic E-state index is -0.187. The van der Waals surface area contributed by atoms with Crippen LogP contribution in [0.4, 0.5) is 0 Å². The van der Waals surface area contributed by atoms with Crippen LogP contribution >= 0.6 is 11.8 Å². The standard InChI is InChI=1S/C10H8NO3S/c1-15-10-11-5-9(14-10)6-2-3-7(12)8(13)4-6/h2-5,12-13H,1H2. The molecule has 0 saturated heterocycles. The van der Waals surface area contributed by atoms with Gasteiger partial charge in [0.15, 0.2) is 17.3 Å². The maximum atomic E-state index is 9.30. The second-order valence-corrected chi connectivity index (χ2v) is 3.48. The molecule has 0 fully saturated rings. The lowest BCUT2D eigenvalue weighted by atomic mass is 10.1. The van der Waals surface area contributed by atoms with Crippen LogP contribution in [0.15, 0.2) is 34.0 Å². The highest BCUT2D eigenvalue weighted by Crippen LogP contribution is 2.31. The Labute approximate surface area is 90.6 Å². The Morgan fingerprint density at radius 3 is 2.67 bits per heavy atom. The lowest BCUT2D eigenvalue weighted by Crippen LogP contribution is -1.74. The van der Waals surface area contributed by atoms with Crippen molar-refractivity contribution < 1.29 is 14.6 Å². The average Bonchev–Trinajstić information content (AvgIpc) is 2.70. The van der Waals surface area contributed by atoms with Crippen molar-refractivity contribution in [3.8, 4) is 22.8 Å². The Morgan fingerprint density at radius 2 is 2.07 bits per heavy atom. The lowest BCUT2D eigenvalue weighted by molar-refractivity contribution is 0.403. The van der Waals surface area contributed by atoms with E-state index in [2.05, 4.69) is 11.2 Å². The van der Waals surface area contributed by atoms with Crippen molar-refractivity contribution in [2.24, 2.45) is 0 Å². The van der Waals surface area contributed by atoms with E-state index in [1.165, 1.54) is 12.1 Å². The second-order valence-electron chi connectivity index (χ2n) is 2.84. The van der Waals surface area contributed by atoms with Crippen LogP contribution in [0.25, 0.3) is 11.3 Å². The van der Waals surface area contributed by atoms with Gasteiger partial charge in [-0.1, -0.05) is 11.8 Å². The van der Waals surface area contributed by atoms with Crippen molar-refractivity contribution in [2.75, 3.05) is 0 Å². The van der Waals surface area contributed by atoms with E-state index in [1.807, 2.05) is 0 Å². The molecular formula is C10H8NO3S. The molecule has 0 amide bonds. The normalized spacial score (nSPS) is 10.5. The predicted molar refractivity (Wildman–Crippen MR) is 56.5 cm³/mol. The summed E-state index contributed by atoms with van der Waals surface area (Å²) in [5.74, 6) is 0.175. The summed E-state index contributed by atoms with van der Waals surface area (Å²) in [7, 11) is 0. The Hall–Kier alpha value is -1.62. The zero-order chi connectivity index (χ0) is 10.8. The van der Waals surface area contributed by atoms with E-state index in [4.69, 9.17) is 9.52 Å². The van der Waals surface area contributed by atoms with Crippen LogP contribution in [0.1, 0.15) is 0 Å². The Morgan fingerprint density at radius 1 is 1.27 bits per heavy atom. The van der Waals surface area contributed by atoms with Crippen molar-refractivity contribution in [2.45, 2.75) is 5.22 Å². The van der Waals surface area contributed by atoms with Crippen molar-refractivity contribution in [1.82, 2.24) is 4.98 Å². The molecule has 0 unspecified atom stereocenters. The molecule has 4 nitrogen and oxygen atoms in total. The van der Waals surface area contributed by atoms with Crippen LogP contribution < -0.4 is 0 Å². The molecule has 2 rings (SSSR count). The fourth-order valence-corrected chi connectivity index (χ4v) is 1.41. The number of rotatable bonds is 2. The van der Waals surface area contributed by atoms with E-state index < -0.39 is 0 Å². The Bertz CT molecular complexity index is 481. The van der Waals surface area contributed by atoms with Crippen LogP contribution in [-0.2, 0) is 0 Å². The summed E-state index contributed by atoms with van der Waals surface area (Å²) in [6.45, 7) is 0. The van der Waals surface area contributed by atoms with Gasteiger partial charge < -0.3 is 14.6 Å². The molecule has 2 N–H and O–H groups in total. The molecule has 1 heterocycles. The van der Waals surface area contributed by atoms with Gasteiger partial charge in [-0.15, -0.1) is 0 Å². The van der Waals surface area contributed by atoms with E-state index >= 15 is 0 Å². The molecule has 15 heavy (non-hydrogen) atoms. The first-order valence-corrected chi connectivity index (χ1v) is 5.09. The third kappa shape index (κ3) is 1.92. The maximum Gasteiger partial charge on any atom is 0.256 e. The number of thioether (sulfide) groups is 1. The summed E-state index contributed by atoms with van der Waals surface area (Å²) in [4.78, 5) is 3.95. The van der Waals surface area contributed by atoms with Gasteiger partial charge in [0, 0.05) is 11.8 Å². The van der Waals surface area contributed by atoms with Crippen LogP contribution in [0.5, 0.6) is 11.5 Å². The Balaban J connectivity index is 2.40. The number of oxazole rings is 1. The molecule has 77 valence electrons. The summed E-state index contributed by atoms with van der Waals surface area (Å²) >= 11 is 1.15. The van der Waals surface area contributed by atoms with E-state index in [1.54, 1.807) is 12.3 Å². The first kappa shape index (κ1) is 9.92. The SMILES string of the molecule is [CH2]Sc1ncc(-c2ccc(O)c(O)c2)o1. The van der Waals surface area contributed by atoms with Gasteiger partial charge in [-0.05, 0) is 18.2 Å². The van der Waals surface area contributed by atoms with Crippen LogP contribution in [0.2, 0.25) is 0 Å². The molecule has 2 aromatic rings. The summed E-state index contributed by atoms with van der Waals surface area (Å²) in [6.07, 6.45) is 5.11. The van der Waals surface area contributed by atoms with Crippen LogP contribution in [-0.4, -0.2) is 15.2 Å². The number of nitrogens with zero attached hydrogens (tertiary/aromatic N) is 1. The molecule has 1 aromatic carbocycles. The molecular weight excluding hydrogens is 214 g/mol. The summed E-state index contributed by atoms with van der Waals surface area (Å²) in [6, 6.07) is 4.44. The van der Waals surface area contributed by atoms with Crippen molar-refractivity contribution in [3.05, 3.63) is 30.7 Å². The first-order chi connectivity index (χ1) is 7.20. The Kier molecular flexibility index (Phi) is 2.55. The molecule has 0 aliphatic rings. The van der Waals surface area contributed by atoms with E-state index in [0.717, 1.165) is 11.8 Å². The second kappa shape index (κ2) is 3.86. The number of aromatic hydroxyl groups is 2. The molecule has 0 atom stereocenters. The highest BCUT2D eigenvalue weighted by Gasteiger charge is 2.07. The zero-order valence-electron chi connectivity index (χ0n) is 7.67. The van der Waals surface area contributed by atoms with Gasteiger partial charge in [0.25, 0.3) is 5.22 Å². The number of benzene rings is 1. The third-order valence-electron chi connectivity index (χ3n) is 1.87. The van der Waals surface area contributed by atoms with E-state index in [-0.39, 0.29) is 11.5 Å². The predicted octanol–water partition coefficient (Wildman–Crippen LogP) is 2.64. The number of aromatic nitrogens is 1. The lowest BCUT2D eigenvalue weighted by Gasteiger charge is -1.99. The molecule has 1 aromatic heterocycles. The zero-order valence-corrected chi connectivity index (χ0v) is 8.49. The van der Waals surface area contributed by atoms with Gasteiger partial charge in [-0.3, -0.25) is 0 Å². The average molecular weight is 222 g/mol. The molecule has 0 aliphatic carbocycles. The fourth-order valence-electron chi connectivity index (χ4n) is 1.13. The van der Waals surface area contributed by atoms with Crippen molar-refractivity contribution in [1.29, 1.82) is 0 Å². The first-order valence-electron chi connectivity index (χ1n) is 4.11. The minimum Gasteiger partial charge on any atom is -0.504 e. The van der Waals surface area contributed by atoms with Crippen molar-refractivity contribution >= 4 is 11.8 Å². The monoisotopic (exact) mass is 222 g/mol. The van der Waals surface area contributed by atoms with E-state index in [0.29, 0.717) is 16.5 Å². The maximum absolute atomic E-state index is 9.30. The molecule has 5 heteroatoms. The van der Waals surface area contributed by atoms with Crippen LogP contribution in [0.3, 0.4) is 0 Å². The van der Waals surface area contributed by atoms with Gasteiger partial charge in [-0.2, -0.15) is 0 Å². The van der Waals surface area contributed by atoms with Gasteiger partial charge in [0.2, 0.25) is 0 Å².